The van der Waals surface area contributed by atoms with E-state index < -0.39 is 28.5 Å². The maximum absolute atomic E-state index is 13.9. The SMILES string of the molecule is CC[C@H](C(=O)NC1CCCCC1)N(Cc1ccc(C)cc1)C(=O)CN(c1ccc(OC)c(OC)c1)S(C)(=O)=O. The summed E-state index contributed by atoms with van der Waals surface area (Å²) in [6.45, 7) is 3.56. The number of sulfonamides is 1. The number of aryl methyl sites for hydroxylation is 1. The normalized spacial score (nSPS) is 14.8. The molecule has 2 amide bonds. The summed E-state index contributed by atoms with van der Waals surface area (Å²) in [6, 6.07) is 11.8. The Hall–Kier alpha value is -3.27. The first-order valence-corrected chi connectivity index (χ1v) is 15.3. The van der Waals surface area contributed by atoms with E-state index in [2.05, 4.69) is 5.32 Å². The van der Waals surface area contributed by atoms with Gasteiger partial charge in [-0.15, -0.1) is 0 Å². The van der Waals surface area contributed by atoms with E-state index in [-0.39, 0.29) is 24.2 Å². The van der Waals surface area contributed by atoms with Crippen LogP contribution < -0.4 is 19.1 Å². The van der Waals surface area contributed by atoms with Crippen LogP contribution in [-0.4, -0.2) is 64.2 Å². The van der Waals surface area contributed by atoms with Gasteiger partial charge < -0.3 is 19.7 Å². The molecule has 1 fully saturated rings. The minimum absolute atomic E-state index is 0.0934. The maximum Gasteiger partial charge on any atom is 0.244 e. The van der Waals surface area contributed by atoms with Crippen molar-refractivity contribution in [2.75, 3.05) is 31.3 Å². The summed E-state index contributed by atoms with van der Waals surface area (Å²) < 4.78 is 37.4. The number of carbonyl (C=O) groups excluding carboxylic acids is 2. The second-order valence-corrected chi connectivity index (χ2v) is 12.0. The lowest BCUT2D eigenvalue weighted by Gasteiger charge is -2.34. The molecule has 0 aromatic heterocycles. The second kappa shape index (κ2) is 13.7. The molecule has 0 saturated heterocycles. The van der Waals surface area contributed by atoms with Crippen LogP contribution in [0.4, 0.5) is 5.69 Å². The van der Waals surface area contributed by atoms with Crippen molar-refractivity contribution in [3.8, 4) is 11.5 Å². The zero-order valence-electron chi connectivity index (χ0n) is 23.6. The number of benzene rings is 2. The smallest absolute Gasteiger partial charge is 0.244 e. The monoisotopic (exact) mass is 559 g/mol. The molecule has 10 heteroatoms. The highest BCUT2D eigenvalue weighted by Crippen LogP contribution is 2.32. The lowest BCUT2D eigenvalue weighted by Crippen LogP contribution is -2.53. The average molecular weight is 560 g/mol. The van der Waals surface area contributed by atoms with Gasteiger partial charge in [0.2, 0.25) is 21.8 Å². The van der Waals surface area contributed by atoms with Crippen LogP contribution in [0.1, 0.15) is 56.6 Å². The summed E-state index contributed by atoms with van der Waals surface area (Å²) in [6.07, 6.45) is 6.61. The third-order valence-corrected chi connectivity index (χ3v) is 8.29. The number of carbonyl (C=O) groups is 2. The molecule has 0 unspecified atom stereocenters. The summed E-state index contributed by atoms with van der Waals surface area (Å²) in [4.78, 5) is 28.9. The van der Waals surface area contributed by atoms with E-state index >= 15 is 0 Å². The van der Waals surface area contributed by atoms with Gasteiger partial charge in [0.25, 0.3) is 0 Å². The highest BCUT2D eigenvalue weighted by molar-refractivity contribution is 7.92. The number of nitrogens with zero attached hydrogens (tertiary/aromatic N) is 2. The molecule has 214 valence electrons. The molecule has 0 bridgehead atoms. The summed E-state index contributed by atoms with van der Waals surface area (Å²) in [5.74, 6) is 0.0988. The lowest BCUT2D eigenvalue weighted by molar-refractivity contribution is -0.140. The third-order valence-electron chi connectivity index (χ3n) is 7.15. The molecule has 1 atom stereocenters. The van der Waals surface area contributed by atoms with Crippen LogP contribution in [0.15, 0.2) is 42.5 Å². The van der Waals surface area contributed by atoms with E-state index in [1.807, 2.05) is 38.1 Å². The Bertz CT molecular complexity index is 1230. The number of hydrogen-bond acceptors (Lipinski definition) is 6. The Balaban J connectivity index is 1.94. The molecule has 2 aromatic carbocycles. The predicted molar refractivity (Wildman–Crippen MR) is 153 cm³/mol. The molecular weight excluding hydrogens is 518 g/mol. The van der Waals surface area contributed by atoms with Gasteiger partial charge in [-0.3, -0.25) is 13.9 Å². The first kappa shape index (κ1) is 30.3. The standard InChI is InChI=1S/C29H41N3O6S/c1-6-25(29(34)30-23-10-8-7-9-11-23)31(19-22-14-12-21(2)13-15-22)28(33)20-32(39(5,35)36)24-16-17-26(37-3)27(18-24)38-4/h12-18,23,25H,6-11,19-20H2,1-5H3,(H,30,34)/t25-/m1/s1. The summed E-state index contributed by atoms with van der Waals surface area (Å²) in [7, 11) is -0.912. The molecule has 1 N–H and O–H groups in total. The van der Waals surface area contributed by atoms with Gasteiger partial charge in [-0.25, -0.2) is 8.42 Å². The number of anilines is 1. The van der Waals surface area contributed by atoms with E-state index in [1.165, 1.54) is 31.6 Å². The molecule has 9 nitrogen and oxygen atoms in total. The Labute approximate surface area is 232 Å². The van der Waals surface area contributed by atoms with Gasteiger partial charge in [0.15, 0.2) is 11.5 Å². The number of amides is 2. The van der Waals surface area contributed by atoms with E-state index in [4.69, 9.17) is 9.47 Å². The van der Waals surface area contributed by atoms with Crippen molar-refractivity contribution < 1.29 is 27.5 Å². The quantitative estimate of drug-likeness (QED) is 0.421. The van der Waals surface area contributed by atoms with Gasteiger partial charge in [-0.05, 0) is 43.9 Å². The minimum Gasteiger partial charge on any atom is -0.493 e. The maximum atomic E-state index is 13.9. The zero-order chi connectivity index (χ0) is 28.6. The van der Waals surface area contributed by atoms with Crippen molar-refractivity contribution in [2.24, 2.45) is 0 Å². The van der Waals surface area contributed by atoms with Crippen molar-refractivity contribution in [2.45, 2.75) is 71.0 Å². The summed E-state index contributed by atoms with van der Waals surface area (Å²) in [5, 5.41) is 3.15. The summed E-state index contributed by atoms with van der Waals surface area (Å²) >= 11 is 0. The Morgan fingerprint density at radius 2 is 1.64 bits per heavy atom. The molecule has 0 heterocycles. The van der Waals surface area contributed by atoms with E-state index in [0.717, 1.165) is 47.4 Å². The Kier molecular flexibility index (Phi) is 10.6. The molecule has 1 aliphatic carbocycles. The molecule has 0 aliphatic heterocycles. The van der Waals surface area contributed by atoms with Gasteiger partial charge in [-0.1, -0.05) is 56.0 Å². The number of nitrogens with one attached hydrogen (secondary N) is 1. The predicted octanol–water partition coefficient (Wildman–Crippen LogP) is 4.03. The van der Waals surface area contributed by atoms with Crippen LogP contribution in [0.3, 0.4) is 0 Å². The lowest BCUT2D eigenvalue weighted by atomic mass is 9.95. The van der Waals surface area contributed by atoms with Gasteiger partial charge in [0.05, 0.1) is 26.2 Å². The van der Waals surface area contributed by atoms with Gasteiger partial charge in [0, 0.05) is 18.7 Å². The Morgan fingerprint density at radius 3 is 2.21 bits per heavy atom. The van der Waals surface area contributed by atoms with E-state index in [1.54, 1.807) is 12.1 Å². The molecule has 3 rings (SSSR count). The van der Waals surface area contributed by atoms with Crippen LogP contribution in [0.5, 0.6) is 11.5 Å². The highest BCUT2D eigenvalue weighted by atomic mass is 32.2. The molecule has 1 saturated carbocycles. The zero-order valence-corrected chi connectivity index (χ0v) is 24.4. The first-order valence-electron chi connectivity index (χ1n) is 13.4. The molecule has 0 spiro atoms. The van der Waals surface area contributed by atoms with Crippen LogP contribution >= 0.6 is 0 Å². The largest absolute Gasteiger partial charge is 0.493 e. The second-order valence-electron chi connectivity index (χ2n) is 10.1. The number of ether oxygens (including phenoxy) is 2. The van der Waals surface area contributed by atoms with Crippen molar-refractivity contribution in [3.63, 3.8) is 0 Å². The molecule has 0 radical (unpaired) electrons. The van der Waals surface area contributed by atoms with Crippen molar-refractivity contribution in [1.29, 1.82) is 0 Å². The fourth-order valence-corrected chi connectivity index (χ4v) is 5.79. The molecule has 39 heavy (non-hydrogen) atoms. The number of rotatable bonds is 12. The van der Waals surface area contributed by atoms with Gasteiger partial charge in [0.1, 0.15) is 12.6 Å². The van der Waals surface area contributed by atoms with Gasteiger partial charge in [-0.2, -0.15) is 0 Å². The number of methoxy groups -OCH3 is 2. The van der Waals surface area contributed by atoms with Gasteiger partial charge >= 0.3 is 0 Å². The van der Waals surface area contributed by atoms with Crippen LogP contribution in [0.25, 0.3) is 0 Å². The Morgan fingerprint density at radius 1 is 1.00 bits per heavy atom. The van der Waals surface area contributed by atoms with Crippen molar-refractivity contribution >= 4 is 27.5 Å². The molecule has 1 aliphatic rings. The minimum atomic E-state index is -3.86. The average Bonchev–Trinajstić information content (AvgIpc) is 2.92. The topological polar surface area (TPSA) is 105 Å². The van der Waals surface area contributed by atoms with E-state index in [9.17, 15) is 18.0 Å². The molecular formula is C29H41N3O6S. The molecule has 2 aromatic rings. The summed E-state index contributed by atoms with van der Waals surface area (Å²) in [5.41, 5.74) is 2.20. The third kappa shape index (κ3) is 8.11. The van der Waals surface area contributed by atoms with Crippen molar-refractivity contribution in [1.82, 2.24) is 10.2 Å². The number of hydrogen-bond donors (Lipinski definition) is 1. The van der Waals surface area contributed by atoms with Crippen LogP contribution in [-0.2, 0) is 26.2 Å². The highest BCUT2D eigenvalue weighted by Gasteiger charge is 2.33. The first-order chi connectivity index (χ1) is 18.6. The fraction of sp³-hybridized carbons (Fsp3) is 0.517. The fourth-order valence-electron chi connectivity index (χ4n) is 4.95. The van der Waals surface area contributed by atoms with Crippen LogP contribution in [0.2, 0.25) is 0 Å². The van der Waals surface area contributed by atoms with Crippen molar-refractivity contribution in [3.05, 3.63) is 53.6 Å². The van der Waals surface area contributed by atoms with Crippen LogP contribution in [0, 0.1) is 6.92 Å². The van der Waals surface area contributed by atoms with E-state index in [0.29, 0.717) is 17.9 Å².